The molecule has 6 heteroatoms. The Balaban J connectivity index is 1.75. The van der Waals surface area contributed by atoms with E-state index in [1.807, 2.05) is 36.4 Å². The van der Waals surface area contributed by atoms with Crippen molar-refractivity contribution in [2.75, 3.05) is 11.9 Å². The molecule has 1 heterocycles. The molecule has 0 bridgehead atoms. The Morgan fingerprint density at radius 2 is 2.19 bits per heavy atom. The number of ether oxygens (including phenoxy) is 1. The van der Waals surface area contributed by atoms with E-state index in [2.05, 4.69) is 10.4 Å². The largest absolute Gasteiger partial charge is 0.494 e. The number of nitriles is 1. The maximum atomic E-state index is 11.8. The van der Waals surface area contributed by atoms with E-state index in [4.69, 9.17) is 10.00 Å². The minimum absolute atomic E-state index is 0.160. The monoisotopic (exact) mass is 284 g/mol. The standard InChI is InChI=1S/C15H16N4O2/c1-19-15(12(10-16)11-17-19)18-14(20)8-5-9-21-13-6-3-2-4-7-13/h2-4,6-7,11H,5,8-9H2,1H3,(H,18,20). The number of nitrogens with zero attached hydrogens (tertiary/aromatic N) is 3. The number of amides is 1. The quantitative estimate of drug-likeness (QED) is 0.824. The number of hydrogen-bond acceptors (Lipinski definition) is 4. The average Bonchev–Trinajstić information content (AvgIpc) is 2.85. The molecule has 0 saturated carbocycles. The summed E-state index contributed by atoms with van der Waals surface area (Å²) in [5.41, 5.74) is 0.353. The molecule has 0 saturated heterocycles. The Kier molecular flexibility index (Phi) is 4.94. The topological polar surface area (TPSA) is 79.9 Å². The average molecular weight is 284 g/mol. The predicted molar refractivity (Wildman–Crippen MR) is 77.7 cm³/mol. The van der Waals surface area contributed by atoms with E-state index in [1.54, 1.807) is 7.05 Å². The van der Waals surface area contributed by atoms with Crippen molar-refractivity contribution >= 4 is 11.7 Å². The number of hydrogen-bond donors (Lipinski definition) is 1. The van der Waals surface area contributed by atoms with E-state index in [0.29, 0.717) is 30.8 Å². The van der Waals surface area contributed by atoms with Gasteiger partial charge in [-0.1, -0.05) is 18.2 Å². The number of nitrogens with one attached hydrogen (secondary N) is 1. The lowest BCUT2D eigenvalue weighted by Crippen LogP contribution is -2.16. The minimum Gasteiger partial charge on any atom is -0.494 e. The zero-order valence-corrected chi connectivity index (χ0v) is 11.7. The lowest BCUT2D eigenvalue weighted by atomic mass is 10.3. The Labute approximate surface area is 123 Å². The third-order valence-corrected chi connectivity index (χ3v) is 2.88. The van der Waals surface area contributed by atoms with Gasteiger partial charge in [0.1, 0.15) is 23.2 Å². The summed E-state index contributed by atoms with van der Waals surface area (Å²) in [6.45, 7) is 0.466. The maximum Gasteiger partial charge on any atom is 0.225 e. The Bertz CT molecular complexity index is 643. The van der Waals surface area contributed by atoms with Crippen molar-refractivity contribution in [2.24, 2.45) is 7.05 Å². The molecule has 21 heavy (non-hydrogen) atoms. The lowest BCUT2D eigenvalue weighted by molar-refractivity contribution is -0.116. The van der Waals surface area contributed by atoms with Crippen molar-refractivity contribution in [1.82, 2.24) is 9.78 Å². The molecule has 108 valence electrons. The fourth-order valence-electron chi connectivity index (χ4n) is 1.80. The van der Waals surface area contributed by atoms with Crippen LogP contribution in [0.5, 0.6) is 5.75 Å². The summed E-state index contributed by atoms with van der Waals surface area (Å²) >= 11 is 0. The number of aryl methyl sites for hydroxylation is 1. The number of para-hydroxylation sites is 1. The second kappa shape index (κ2) is 7.10. The van der Waals surface area contributed by atoms with Crippen molar-refractivity contribution in [3.8, 4) is 11.8 Å². The number of benzene rings is 1. The van der Waals surface area contributed by atoms with Gasteiger partial charge in [0.15, 0.2) is 0 Å². The van der Waals surface area contributed by atoms with Gasteiger partial charge in [-0.3, -0.25) is 9.48 Å². The van der Waals surface area contributed by atoms with Gasteiger partial charge in [0.2, 0.25) is 5.91 Å². The second-order valence-electron chi connectivity index (χ2n) is 4.46. The summed E-state index contributed by atoms with van der Waals surface area (Å²) in [6.07, 6.45) is 2.34. The highest BCUT2D eigenvalue weighted by Crippen LogP contribution is 2.13. The molecular weight excluding hydrogens is 268 g/mol. The zero-order chi connectivity index (χ0) is 15.1. The molecule has 0 aliphatic heterocycles. The molecule has 1 amide bonds. The molecule has 6 nitrogen and oxygen atoms in total. The van der Waals surface area contributed by atoms with Gasteiger partial charge in [-0.2, -0.15) is 10.4 Å². The van der Waals surface area contributed by atoms with Crippen LogP contribution < -0.4 is 10.1 Å². The SMILES string of the molecule is Cn1ncc(C#N)c1NC(=O)CCCOc1ccccc1. The highest BCUT2D eigenvalue weighted by molar-refractivity contribution is 5.91. The third kappa shape index (κ3) is 4.08. The molecule has 0 aliphatic carbocycles. The van der Waals surface area contributed by atoms with Gasteiger partial charge >= 0.3 is 0 Å². The van der Waals surface area contributed by atoms with Crippen molar-refractivity contribution in [3.05, 3.63) is 42.1 Å². The van der Waals surface area contributed by atoms with E-state index in [1.165, 1.54) is 10.9 Å². The van der Waals surface area contributed by atoms with Crippen LogP contribution >= 0.6 is 0 Å². The van der Waals surface area contributed by atoms with Gasteiger partial charge in [-0.05, 0) is 18.6 Å². The first-order valence-corrected chi connectivity index (χ1v) is 6.60. The van der Waals surface area contributed by atoms with Gasteiger partial charge < -0.3 is 10.1 Å². The number of anilines is 1. The van der Waals surface area contributed by atoms with Crippen molar-refractivity contribution < 1.29 is 9.53 Å². The van der Waals surface area contributed by atoms with Crippen LogP contribution in [0, 0.1) is 11.3 Å². The summed E-state index contributed by atoms with van der Waals surface area (Å²) in [4.78, 5) is 11.8. The molecule has 0 radical (unpaired) electrons. The number of carbonyl (C=O) groups excluding carboxylic acids is 1. The molecular formula is C15H16N4O2. The van der Waals surface area contributed by atoms with Gasteiger partial charge in [0, 0.05) is 13.5 Å². The zero-order valence-electron chi connectivity index (χ0n) is 11.7. The van der Waals surface area contributed by atoms with Gasteiger partial charge in [0.05, 0.1) is 12.8 Å². The van der Waals surface area contributed by atoms with Crippen LogP contribution in [0.3, 0.4) is 0 Å². The van der Waals surface area contributed by atoms with Crippen LogP contribution in [0.1, 0.15) is 18.4 Å². The second-order valence-corrected chi connectivity index (χ2v) is 4.46. The van der Waals surface area contributed by atoms with E-state index in [-0.39, 0.29) is 5.91 Å². The summed E-state index contributed by atoms with van der Waals surface area (Å²) < 4.78 is 6.98. The number of carbonyl (C=O) groups is 1. The predicted octanol–water partition coefficient (Wildman–Crippen LogP) is 2.09. The van der Waals surface area contributed by atoms with E-state index >= 15 is 0 Å². The molecule has 1 aromatic heterocycles. The molecule has 2 rings (SSSR count). The first-order valence-electron chi connectivity index (χ1n) is 6.60. The molecule has 2 aromatic rings. The molecule has 0 aliphatic rings. The van der Waals surface area contributed by atoms with Gasteiger partial charge in [0.25, 0.3) is 0 Å². The van der Waals surface area contributed by atoms with Crippen LogP contribution in [0.25, 0.3) is 0 Å². The van der Waals surface area contributed by atoms with Crippen molar-refractivity contribution in [2.45, 2.75) is 12.8 Å². The molecule has 1 aromatic carbocycles. The molecule has 0 atom stereocenters. The first-order chi connectivity index (χ1) is 10.2. The summed E-state index contributed by atoms with van der Waals surface area (Å²) in [7, 11) is 1.68. The number of rotatable bonds is 6. The van der Waals surface area contributed by atoms with Crippen molar-refractivity contribution in [1.29, 1.82) is 5.26 Å². The fourth-order valence-corrected chi connectivity index (χ4v) is 1.80. The fraction of sp³-hybridized carbons (Fsp3) is 0.267. The summed E-state index contributed by atoms with van der Waals surface area (Å²) in [6, 6.07) is 11.4. The maximum absolute atomic E-state index is 11.8. The van der Waals surface area contributed by atoms with Crippen LogP contribution in [0.15, 0.2) is 36.5 Å². The van der Waals surface area contributed by atoms with Gasteiger partial charge in [-0.15, -0.1) is 0 Å². The van der Waals surface area contributed by atoms with E-state index in [9.17, 15) is 4.79 Å². The Morgan fingerprint density at radius 3 is 2.90 bits per heavy atom. The van der Waals surface area contributed by atoms with Crippen LogP contribution in [0.4, 0.5) is 5.82 Å². The summed E-state index contributed by atoms with van der Waals surface area (Å²) in [5.74, 6) is 1.05. The Hall–Kier alpha value is -2.81. The van der Waals surface area contributed by atoms with Gasteiger partial charge in [-0.25, -0.2) is 0 Å². The molecule has 0 spiro atoms. The number of aromatic nitrogens is 2. The first kappa shape index (κ1) is 14.6. The van der Waals surface area contributed by atoms with E-state index < -0.39 is 0 Å². The van der Waals surface area contributed by atoms with Crippen molar-refractivity contribution in [3.63, 3.8) is 0 Å². The minimum atomic E-state index is -0.160. The highest BCUT2D eigenvalue weighted by atomic mass is 16.5. The molecule has 0 fully saturated rings. The smallest absolute Gasteiger partial charge is 0.225 e. The van der Waals surface area contributed by atoms with Crippen LogP contribution in [-0.2, 0) is 11.8 Å². The van der Waals surface area contributed by atoms with Crippen LogP contribution in [0.2, 0.25) is 0 Å². The Morgan fingerprint density at radius 1 is 1.43 bits per heavy atom. The highest BCUT2D eigenvalue weighted by Gasteiger charge is 2.11. The third-order valence-electron chi connectivity index (χ3n) is 2.88. The summed E-state index contributed by atoms with van der Waals surface area (Å²) in [5, 5.41) is 15.5. The normalized spacial score (nSPS) is 9.90. The van der Waals surface area contributed by atoms with Crippen LogP contribution in [-0.4, -0.2) is 22.3 Å². The lowest BCUT2D eigenvalue weighted by Gasteiger charge is -2.07. The van der Waals surface area contributed by atoms with E-state index in [0.717, 1.165) is 5.75 Å². The molecule has 1 N–H and O–H groups in total. The molecule has 0 unspecified atom stereocenters.